The fourth-order valence-electron chi connectivity index (χ4n) is 3.17. The summed E-state index contributed by atoms with van der Waals surface area (Å²) in [5.74, 6) is -4.70. The molecule has 0 aliphatic carbocycles. The summed E-state index contributed by atoms with van der Waals surface area (Å²) < 4.78 is 19.5. The molecular formula is C27H42N2O10. The standard InChI is InChI=1S/C27H42N2O10/c1-18(2)23(32)36-12-8-14-38-25(34)21(30)28-11-10-20(5)16-27(6,7)17-29-22(31)26(35)39-15-9-13-37-24(33)19(3)4/h20H,1,3,8-17H2,2,4-7H3,(H,28,30)(H,29,31). The van der Waals surface area contributed by atoms with Gasteiger partial charge in [0.2, 0.25) is 0 Å². The molecule has 0 radical (unpaired) electrons. The van der Waals surface area contributed by atoms with Gasteiger partial charge in [-0.2, -0.15) is 0 Å². The van der Waals surface area contributed by atoms with E-state index in [1.54, 1.807) is 0 Å². The SMILES string of the molecule is C=C(C)C(=O)OCCCOC(=O)C(=O)NCCC(C)CC(C)(C)CNC(=O)C(=O)OCCCOC(=O)C(=C)C. The van der Waals surface area contributed by atoms with Gasteiger partial charge in [0, 0.05) is 37.1 Å². The number of nitrogens with one attached hydrogen (secondary N) is 2. The summed E-state index contributed by atoms with van der Waals surface area (Å²) in [5, 5.41) is 5.06. The first-order valence-electron chi connectivity index (χ1n) is 12.7. The Morgan fingerprint density at radius 1 is 0.692 bits per heavy atom. The molecule has 2 amide bonds. The summed E-state index contributed by atoms with van der Waals surface area (Å²) in [6.45, 7) is 16.2. The van der Waals surface area contributed by atoms with Crippen LogP contribution >= 0.6 is 0 Å². The van der Waals surface area contributed by atoms with Gasteiger partial charge >= 0.3 is 35.7 Å². The summed E-state index contributed by atoms with van der Waals surface area (Å²) in [5.41, 5.74) is 0.173. The molecule has 0 spiro atoms. The first kappa shape index (κ1) is 35.3. The van der Waals surface area contributed by atoms with Gasteiger partial charge in [-0.1, -0.05) is 33.9 Å². The second kappa shape index (κ2) is 18.5. The Hall–Kier alpha value is -3.70. The molecule has 1 unspecified atom stereocenters. The highest BCUT2D eigenvalue weighted by molar-refractivity contribution is 6.32. The third kappa shape index (κ3) is 17.4. The molecule has 0 aliphatic rings. The van der Waals surface area contributed by atoms with Crippen molar-refractivity contribution in [1.29, 1.82) is 0 Å². The van der Waals surface area contributed by atoms with Crippen LogP contribution in [0.25, 0.3) is 0 Å². The summed E-state index contributed by atoms with van der Waals surface area (Å²) in [4.78, 5) is 70.0. The van der Waals surface area contributed by atoms with Gasteiger partial charge in [-0.25, -0.2) is 19.2 Å². The number of amides is 2. The molecule has 0 aromatic rings. The van der Waals surface area contributed by atoms with Gasteiger partial charge in [-0.05, 0) is 38.0 Å². The van der Waals surface area contributed by atoms with Crippen LogP contribution < -0.4 is 10.6 Å². The molecule has 0 saturated carbocycles. The Morgan fingerprint density at radius 2 is 1.08 bits per heavy atom. The minimum atomic E-state index is -1.02. The molecule has 0 aromatic heterocycles. The van der Waals surface area contributed by atoms with Gasteiger partial charge in [-0.3, -0.25) is 9.59 Å². The maximum absolute atomic E-state index is 12.0. The summed E-state index contributed by atoms with van der Waals surface area (Å²) in [6.07, 6.45) is 1.75. The monoisotopic (exact) mass is 554 g/mol. The molecule has 0 aromatic carbocycles. The number of ether oxygens (including phenoxy) is 4. The predicted molar refractivity (Wildman–Crippen MR) is 141 cm³/mol. The third-order valence-electron chi connectivity index (χ3n) is 5.13. The van der Waals surface area contributed by atoms with Crippen molar-refractivity contribution < 1.29 is 47.7 Å². The number of hydrogen-bond donors (Lipinski definition) is 2. The van der Waals surface area contributed by atoms with E-state index in [4.69, 9.17) is 18.9 Å². The van der Waals surface area contributed by atoms with Gasteiger partial charge in [0.25, 0.3) is 0 Å². The minimum absolute atomic E-state index is 0.0436. The molecule has 0 fully saturated rings. The topological polar surface area (TPSA) is 163 Å². The third-order valence-corrected chi connectivity index (χ3v) is 5.13. The Labute approximate surface area is 229 Å². The fourth-order valence-corrected chi connectivity index (χ4v) is 3.17. The van der Waals surface area contributed by atoms with E-state index >= 15 is 0 Å². The average molecular weight is 555 g/mol. The molecule has 220 valence electrons. The zero-order chi connectivity index (χ0) is 30.0. The van der Waals surface area contributed by atoms with E-state index in [0.717, 1.165) is 0 Å². The van der Waals surface area contributed by atoms with E-state index in [0.29, 0.717) is 12.8 Å². The van der Waals surface area contributed by atoms with E-state index in [2.05, 4.69) is 23.8 Å². The van der Waals surface area contributed by atoms with E-state index in [9.17, 15) is 28.8 Å². The Balaban J connectivity index is 4.12. The van der Waals surface area contributed by atoms with Crippen molar-refractivity contribution in [3.63, 3.8) is 0 Å². The number of carbonyl (C=O) groups is 6. The van der Waals surface area contributed by atoms with Gasteiger partial charge in [0.1, 0.15) is 0 Å². The summed E-state index contributed by atoms with van der Waals surface area (Å²) >= 11 is 0. The van der Waals surface area contributed by atoms with Crippen LogP contribution in [-0.2, 0) is 47.7 Å². The number of hydrogen-bond acceptors (Lipinski definition) is 10. The lowest BCUT2D eigenvalue weighted by molar-refractivity contribution is -0.155. The van der Waals surface area contributed by atoms with E-state index in [1.807, 2.05) is 20.8 Å². The van der Waals surface area contributed by atoms with Crippen LogP contribution in [0.4, 0.5) is 0 Å². The highest BCUT2D eigenvalue weighted by atomic mass is 16.6. The Bertz CT molecular complexity index is 910. The molecule has 0 heterocycles. The van der Waals surface area contributed by atoms with Crippen molar-refractivity contribution in [3.8, 4) is 0 Å². The van der Waals surface area contributed by atoms with Crippen LogP contribution in [0, 0.1) is 11.3 Å². The van der Waals surface area contributed by atoms with Gasteiger partial charge in [0.05, 0.1) is 26.4 Å². The second-order valence-corrected chi connectivity index (χ2v) is 10.0. The molecule has 1 atom stereocenters. The maximum Gasteiger partial charge on any atom is 0.396 e. The minimum Gasteiger partial charge on any atom is -0.462 e. The highest BCUT2D eigenvalue weighted by Gasteiger charge is 2.25. The van der Waals surface area contributed by atoms with Crippen molar-refractivity contribution in [1.82, 2.24) is 10.6 Å². The van der Waals surface area contributed by atoms with Gasteiger partial charge in [0.15, 0.2) is 0 Å². The molecular weight excluding hydrogens is 512 g/mol. The normalized spacial score (nSPS) is 11.4. The average Bonchev–Trinajstić information content (AvgIpc) is 2.85. The highest BCUT2D eigenvalue weighted by Crippen LogP contribution is 2.26. The first-order chi connectivity index (χ1) is 18.2. The van der Waals surface area contributed by atoms with E-state index in [-0.39, 0.29) is 74.8 Å². The fraction of sp³-hybridized carbons (Fsp3) is 0.630. The van der Waals surface area contributed by atoms with Crippen LogP contribution in [-0.4, -0.2) is 75.2 Å². The van der Waals surface area contributed by atoms with Crippen LogP contribution in [0.5, 0.6) is 0 Å². The van der Waals surface area contributed by atoms with Gasteiger partial charge in [-0.15, -0.1) is 0 Å². The van der Waals surface area contributed by atoms with Crippen molar-refractivity contribution in [2.75, 3.05) is 39.5 Å². The van der Waals surface area contributed by atoms with Crippen molar-refractivity contribution in [2.24, 2.45) is 11.3 Å². The number of carbonyl (C=O) groups excluding carboxylic acids is 6. The predicted octanol–water partition coefficient (Wildman–Crippen LogP) is 1.77. The van der Waals surface area contributed by atoms with Crippen LogP contribution in [0.15, 0.2) is 24.3 Å². The molecule has 0 rings (SSSR count). The zero-order valence-electron chi connectivity index (χ0n) is 23.6. The first-order valence-corrected chi connectivity index (χ1v) is 12.7. The Morgan fingerprint density at radius 3 is 1.49 bits per heavy atom. The quantitative estimate of drug-likeness (QED) is 0.0890. The molecule has 0 saturated heterocycles. The molecule has 12 heteroatoms. The van der Waals surface area contributed by atoms with Crippen LogP contribution in [0.2, 0.25) is 0 Å². The second-order valence-electron chi connectivity index (χ2n) is 10.0. The van der Waals surface area contributed by atoms with E-state index < -0.39 is 35.7 Å². The summed E-state index contributed by atoms with van der Waals surface area (Å²) in [6, 6.07) is 0. The molecule has 12 nitrogen and oxygen atoms in total. The lowest BCUT2D eigenvalue weighted by atomic mass is 9.82. The molecule has 0 bridgehead atoms. The van der Waals surface area contributed by atoms with Crippen LogP contribution in [0.1, 0.15) is 60.3 Å². The maximum atomic E-state index is 12.0. The molecule has 2 N–H and O–H groups in total. The largest absolute Gasteiger partial charge is 0.462 e. The van der Waals surface area contributed by atoms with Crippen molar-refractivity contribution in [3.05, 3.63) is 24.3 Å². The summed E-state index contributed by atoms with van der Waals surface area (Å²) in [7, 11) is 0. The number of rotatable bonds is 17. The molecule has 0 aliphatic heterocycles. The Kier molecular flexibility index (Phi) is 16.8. The lowest BCUT2D eigenvalue weighted by Crippen LogP contribution is -2.40. The van der Waals surface area contributed by atoms with Crippen molar-refractivity contribution >= 4 is 35.7 Å². The lowest BCUT2D eigenvalue weighted by Gasteiger charge is -2.28. The molecule has 39 heavy (non-hydrogen) atoms. The van der Waals surface area contributed by atoms with Gasteiger partial charge < -0.3 is 29.6 Å². The van der Waals surface area contributed by atoms with E-state index in [1.165, 1.54) is 13.8 Å². The van der Waals surface area contributed by atoms with Crippen LogP contribution in [0.3, 0.4) is 0 Å². The van der Waals surface area contributed by atoms with Crippen molar-refractivity contribution in [2.45, 2.75) is 60.3 Å². The smallest absolute Gasteiger partial charge is 0.396 e. The zero-order valence-corrected chi connectivity index (χ0v) is 23.6. The number of esters is 4.